The van der Waals surface area contributed by atoms with Gasteiger partial charge in [-0.05, 0) is 84.9 Å². The highest BCUT2D eigenvalue weighted by molar-refractivity contribution is 7.92. The average Bonchev–Trinajstić information content (AvgIpc) is 3.43. The third-order valence-electron chi connectivity index (χ3n) is 7.84. The second kappa shape index (κ2) is 14.6. The van der Waals surface area contributed by atoms with Gasteiger partial charge < -0.3 is 14.4 Å². The van der Waals surface area contributed by atoms with Crippen molar-refractivity contribution >= 4 is 45.2 Å². The average molecular weight is 719 g/mol. The van der Waals surface area contributed by atoms with Crippen molar-refractivity contribution in [3.63, 3.8) is 0 Å². The van der Waals surface area contributed by atoms with Gasteiger partial charge in [0.25, 0.3) is 0 Å². The van der Waals surface area contributed by atoms with Gasteiger partial charge in [0.05, 0.1) is 32.7 Å². The number of ether oxygens (including phenoxy) is 2. The molecular formula is C34H47FN6O6S2. The zero-order valence-corrected chi connectivity index (χ0v) is 31.3. The minimum atomic E-state index is -3.77. The van der Waals surface area contributed by atoms with Crippen LogP contribution < -0.4 is 10.0 Å². The van der Waals surface area contributed by atoms with Crippen LogP contribution in [0.15, 0.2) is 30.5 Å². The smallest absolute Gasteiger partial charge is 0.414 e. The Morgan fingerprint density at radius 1 is 1.00 bits per heavy atom. The van der Waals surface area contributed by atoms with Gasteiger partial charge in [-0.2, -0.15) is 0 Å². The number of piperidine rings is 1. The molecule has 1 aliphatic rings. The molecule has 0 saturated carbocycles. The number of hydrogen-bond acceptors (Lipinski definition) is 10. The molecule has 0 radical (unpaired) electrons. The van der Waals surface area contributed by atoms with E-state index in [0.29, 0.717) is 47.9 Å². The van der Waals surface area contributed by atoms with Crippen molar-refractivity contribution in [1.82, 2.24) is 19.9 Å². The van der Waals surface area contributed by atoms with Crippen molar-refractivity contribution in [2.24, 2.45) is 5.92 Å². The molecule has 3 heterocycles. The van der Waals surface area contributed by atoms with E-state index in [1.54, 1.807) is 50.8 Å². The molecule has 12 nitrogen and oxygen atoms in total. The van der Waals surface area contributed by atoms with Gasteiger partial charge in [-0.25, -0.2) is 37.3 Å². The Morgan fingerprint density at radius 2 is 1.65 bits per heavy atom. The van der Waals surface area contributed by atoms with Gasteiger partial charge in [-0.1, -0.05) is 26.8 Å². The predicted octanol–water partition coefficient (Wildman–Crippen LogP) is 7.83. The largest absolute Gasteiger partial charge is 0.444 e. The van der Waals surface area contributed by atoms with E-state index >= 15 is 4.39 Å². The fourth-order valence-corrected chi connectivity index (χ4v) is 7.82. The second-order valence-corrected chi connectivity index (χ2v) is 17.5. The Hall–Kier alpha value is -3.85. The molecule has 3 aromatic rings. The van der Waals surface area contributed by atoms with Crippen molar-refractivity contribution in [1.29, 1.82) is 0 Å². The molecule has 15 heteroatoms. The van der Waals surface area contributed by atoms with Crippen LogP contribution in [0.3, 0.4) is 0 Å². The number of thiazole rings is 1. The monoisotopic (exact) mass is 718 g/mol. The van der Waals surface area contributed by atoms with Crippen LogP contribution in [0.25, 0.3) is 21.8 Å². The van der Waals surface area contributed by atoms with Gasteiger partial charge in [0.15, 0.2) is 5.82 Å². The minimum absolute atomic E-state index is 0.0111. The van der Waals surface area contributed by atoms with Gasteiger partial charge in [0.2, 0.25) is 16.0 Å². The quantitative estimate of drug-likeness (QED) is 0.225. The lowest BCUT2D eigenvalue weighted by atomic mass is 9.74. The second-order valence-electron chi connectivity index (χ2n) is 14.6. The first-order valence-corrected chi connectivity index (χ1v) is 18.8. The van der Waals surface area contributed by atoms with Crippen LogP contribution in [0.1, 0.15) is 86.6 Å². The van der Waals surface area contributed by atoms with E-state index in [0.717, 1.165) is 0 Å². The summed E-state index contributed by atoms with van der Waals surface area (Å²) in [5.41, 5.74) is -1.27. The Bertz CT molecular complexity index is 1770. The molecule has 0 spiro atoms. The van der Waals surface area contributed by atoms with E-state index in [-0.39, 0.29) is 40.7 Å². The lowest BCUT2D eigenvalue weighted by Gasteiger charge is -2.40. The van der Waals surface area contributed by atoms with E-state index in [1.807, 2.05) is 20.8 Å². The molecule has 2 amide bonds. The molecule has 1 fully saturated rings. The SMILES string of the molecule is CCCS(=O)(=O)Nc1cccc(-c2nc(C(C)(C)C3CCN(C(=O)OC(C)(C)C)CC3)sc2-c2ccnc(NC(=O)OC(C)(C)C)n2)c1F. The zero-order chi connectivity index (χ0) is 36.4. The molecule has 268 valence electrons. The number of hydrogen-bond donors (Lipinski definition) is 2. The van der Waals surface area contributed by atoms with E-state index in [9.17, 15) is 18.0 Å². The maximum atomic E-state index is 16.2. The van der Waals surface area contributed by atoms with E-state index in [4.69, 9.17) is 14.5 Å². The highest BCUT2D eigenvalue weighted by Crippen LogP contribution is 2.46. The van der Waals surface area contributed by atoms with Crippen LogP contribution in [-0.4, -0.2) is 70.5 Å². The van der Waals surface area contributed by atoms with Crippen LogP contribution >= 0.6 is 11.3 Å². The molecule has 4 rings (SSSR count). The predicted molar refractivity (Wildman–Crippen MR) is 190 cm³/mol. The highest BCUT2D eigenvalue weighted by Gasteiger charge is 2.39. The highest BCUT2D eigenvalue weighted by atomic mass is 32.2. The molecule has 2 aromatic heterocycles. The molecule has 2 N–H and O–H groups in total. The number of carbonyl (C=O) groups excluding carboxylic acids is 2. The van der Waals surface area contributed by atoms with E-state index < -0.39 is 38.6 Å². The Balaban J connectivity index is 1.74. The Labute approximate surface area is 292 Å². The fraction of sp³-hybridized carbons (Fsp3) is 0.559. The molecular weight excluding hydrogens is 672 g/mol. The summed E-state index contributed by atoms with van der Waals surface area (Å²) in [6.07, 6.45) is 2.18. The summed E-state index contributed by atoms with van der Waals surface area (Å²) >= 11 is 1.34. The summed E-state index contributed by atoms with van der Waals surface area (Å²) < 4.78 is 54.6. The first-order chi connectivity index (χ1) is 22.7. The van der Waals surface area contributed by atoms with Crippen LogP contribution in [0.2, 0.25) is 0 Å². The maximum Gasteiger partial charge on any atom is 0.414 e. The van der Waals surface area contributed by atoms with E-state index in [2.05, 4.69) is 33.9 Å². The Morgan fingerprint density at radius 3 is 2.27 bits per heavy atom. The van der Waals surface area contributed by atoms with Gasteiger partial charge in [0.1, 0.15) is 11.2 Å². The summed E-state index contributed by atoms with van der Waals surface area (Å²) in [5.74, 6) is -0.810. The normalized spacial score (nSPS) is 14.8. The number of aromatic nitrogens is 3. The molecule has 0 bridgehead atoms. The van der Waals surface area contributed by atoms with Crippen molar-refractivity contribution in [3.8, 4) is 21.8 Å². The van der Waals surface area contributed by atoms with Gasteiger partial charge in [-0.3, -0.25) is 10.0 Å². The molecule has 0 atom stereocenters. The summed E-state index contributed by atoms with van der Waals surface area (Å²) in [6, 6.07) is 6.12. The van der Waals surface area contributed by atoms with Crippen molar-refractivity contribution < 1.29 is 31.9 Å². The van der Waals surface area contributed by atoms with Crippen LogP contribution in [0.4, 0.5) is 25.6 Å². The minimum Gasteiger partial charge on any atom is -0.444 e. The van der Waals surface area contributed by atoms with Crippen molar-refractivity contribution in [2.75, 3.05) is 28.9 Å². The van der Waals surface area contributed by atoms with E-state index in [1.165, 1.54) is 23.6 Å². The van der Waals surface area contributed by atoms with Crippen molar-refractivity contribution in [3.05, 3.63) is 41.3 Å². The lowest BCUT2D eigenvalue weighted by molar-refractivity contribution is 0.0154. The Kier molecular flexibility index (Phi) is 11.3. The molecule has 1 aromatic carbocycles. The number of rotatable bonds is 9. The van der Waals surface area contributed by atoms with Gasteiger partial charge >= 0.3 is 12.2 Å². The molecule has 1 saturated heterocycles. The zero-order valence-electron chi connectivity index (χ0n) is 29.6. The third kappa shape index (κ3) is 9.87. The number of nitrogens with zero attached hydrogens (tertiary/aromatic N) is 4. The number of anilines is 2. The van der Waals surface area contributed by atoms with Crippen molar-refractivity contribution in [2.45, 2.75) is 98.2 Å². The topological polar surface area (TPSA) is 153 Å². The first kappa shape index (κ1) is 38.0. The van der Waals surface area contributed by atoms with Crippen LogP contribution in [-0.2, 0) is 24.9 Å². The fourth-order valence-electron chi connectivity index (χ4n) is 5.46. The molecule has 0 unspecified atom stereocenters. The molecule has 0 aliphatic carbocycles. The molecule has 1 aliphatic heterocycles. The number of nitrogens with one attached hydrogen (secondary N) is 2. The number of sulfonamides is 1. The van der Waals surface area contributed by atoms with Gasteiger partial charge in [0, 0.05) is 30.3 Å². The number of carbonyl (C=O) groups is 2. The number of benzene rings is 1. The van der Waals surface area contributed by atoms with Gasteiger partial charge in [-0.15, -0.1) is 11.3 Å². The van der Waals surface area contributed by atoms with Crippen LogP contribution in [0.5, 0.6) is 0 Å². The number of likely N-dealkylation sites (tertiary alicyclic amines) is 1. The maximum absolute atomic E-state index is 16.2. The summed E-state index contributed by atoms with van der Waals surface area (Å²) in [6.45, 7) is 17.7. The van der Waals surface area contributed by atoms with Crippen LogP contribution in [0, 0.1) is 11.7 Å². The third-order valence-corrected chi connectivity index (χ3v) is 10.7. The standard InChI is InChI=1S/C34H47FN6O6S2/c1-10-20-49(44,45)40-23-13-11-12-22(25(23)35)26-27(24-14-17-36-29(37-24)39-30(42)46-32(2,3)4)48-28(38-26)34(8,9)21-15-18-41(19-16-21)31(43)47-33(5,6)7/h11-14,17,21,40H,10,15-16,18-20H2,1-9H3,(H,36,37,39,42). The summed E-state index contributed by atoms with van der Waals surface area (Å²) in [5, 5.41) is 3.26. The summed E-state index contributed by atoms with van der Waals surface area (Å²) in [4.78, 5) is 41.2. The summed E-state index contributed by atoms with van der Waals surface area (Å²) in [7, 11) is -3.77. The number of amides is 2. The number of halogens is 1. The first-order valence-electron chi connectivity index (χ1n) is 16.3. The lowest BCUT2D eigenvalue weighted by Crippen LogP contribution is -2.45. The molecule has 49 heavy (non-hydrogen) atoms.